The number of halogens is 1. The minimum atomic E-state index is 0. The molecule has 0 aliphatic carbocycles. The van der Waals surface area contributed by atoms with E-state index in [0.29, 0.717) is 0 Å². The van der Waals surface area contributed by atoms with Crippen molar-refractivity contribution in [2.24, 2.45) is 0 Å². The van der Waals surface area contributed by atoms with E-state index in [9.17, 15) is 0 Å². The molecule has 0 unspecified atom stereocenters. The SMILES string of the molecule is CC.I.c1ccc2ncccc2c1. The van der Waals surface area contributed by atoms with Crippen LogP contribution in [0.5, 0.6) is 0 Å². The summed E-state index contributed by atoms with van der Waals surface area (Å²) in [5.74, 6) is 0. The maximum Gasteiger partial charge on any atom is 0.0701 e. The molecule has 0 bridgehead atoms. The first-order chi connectivity index (χ1) is 5.97. The van der Waals surface area contributed by atoms with Gasteiger partial charge in [-0.05, 0) is 12.1 Å². The monoisotopic (exact) mass is 287 g/mol. The minimum Gasteiger partial charge on any atom is -0.256 e. The summed E-state index contributed by atoms with van der Waals surface area (Å²) in [4.78, 5) is 4.18. The number of hydrogen-bond donors (Lipinski definition) is 0. The average Bonchev–Trinajstić information content (AvgIpc) is 2.21. The van der Waals surface area contributed by atoms with Crippen LogP contribution in [0, 0.1) is 0 Å². The Morgan fingerprint density at radius 1 is 0.923 bits per heavy atom. The fraction of sp³-hybridized carbons (Fsp3) is 0.182. The Hall–Kier alpha value is -0.640. The van der Waals surface area contributed by atoms with Crippen LogP contribution in [0.4, 0.5) is 0 Å². The van der Waals surface area contributed by atoms with Gasteiger partial charge in [-0.25, -0.2) is 0 Å². The molecule has 0 fully saturated rings. The van der Waals surface area contributed by atoms with E-state index in [2.05, 4.69) is 17.1 Å². The second-order valence-corrected chi connectivity index (χ2v) is 2.20. The molecule has 0 radical (unpaired) electrons. The predicted molar refractivity (Wildman–Crippen MR) is 68.5 cm³/mol. The zero-order valence-electron chi connectivity index (χ0n) is 7.90. The van der Waals surface area contributed by atoms with Crippen LogP contribution in [0.3, 0.4) is 0 Å². The molecular weight excluding hydrogens is 273 g/mol. The minimum absolute atomic E-state index is 0. The first-order valence-corrected chi connectivity index (χ1v) is 4.26. The molecule has 0 aliphatic rings. The van der Waals surface area contributed by atoms with Gasteiger partial charge in [0, 0.05) is 11.6 Å². The van der Waals surface area contributed by atoms with Gasteiger partial charge in [0.2, 0.25) is 0 Å². The van der Waals surface area contributed by atoms with E-state index in [1.165, 1.54) is 5.39 Å². The van der Waals surface area contributed by atoms with Gasteiger partial charge in [-0.15, -0.1) is 24.0 Å². The summed E-state index contributed by atoms with van der Waals surface area (Å²) < 4.78 is 0. The number of para-hydroxylation sites is 1. The second-order valence-electron chi connectivity index (χ2n) is 2.20. The highest BCUT2D eigenvalue weighted by Gasteiger charge is 1.86. The summed E-state index contributed by atoms with van der Waals surface area (Å²) in [5, 5.41) is 1.20. The Labute approximate surface area is 96.2 Å². The predicted octanol–water partition coefficient (Wildman–Crippen LogP) is 3.88. The van der Waals surface area contributed by atoms with Gasteiger partial charge in [-0.2, -0.15) is 0 Å². The number of hydrogen-bond acceptors (Lipinski definition) is 1. The molecule has 0 atom stereocenters. The standard InChI is InChI=1S/C9H7N.C2H6.HI/c1-2-6-9-8(4-1)5-3-7-10-9;1-2;/h1-7H;1-2H3;1H. The second kappa shape index (κ2) is 6.83. The maximum atomic E-state index is 4.18. The molecule has 0 saturated carbocycles. The molecule has 13 heavy (non-hydrogen) atoms. The van der Waals surface area contributed by atoms with Crippen molar-refractivity contribution >= 4 is 34.9 Å². The zero-order valence-corrected chi connectivity index (χ0v) is 10.2. The third kappa shape index (κ3) is 3.30. The number of aromatic nitrogens is 1. The van der Waals surface area contributed by atoms with E-state index < -0.39 is 0 Å². The highest BCUT2D eigenvalue weighted by molar-refractivity contribution is 14.0. The van der Waals surface area contributed by atoms with Crippen LogP contribution in [0.15, 0.2) is 42.6 Å². The van der Waals surface area contributed by atoms with Gasteiger partial charge >= 0.3 is 0 Å². The number of fused-ring (bicyclic) bond motifs is 1. The fourth-order valence-electron chi connectivity index (χ4n) is 1.02. The number of nitrogens with zero attached hydrogens (tertiary/aromatic N) is 1. The van der Waals surface area contributed by atoms with Crippen LogP contribution in [-0.4, -0.2) is 4.98 Å². The van der Waals surface area contributed by atoms with Gasteiger partial charge in [0.25, 0.3) is 0 Å². The zero-order chi connectivity index (χ0) is 8.81. The van der Waals surface area contributed by atoms with Crippen LogP contribution < -0.4 is 0 Å². The van der Waals surface area contributed by atoms with Crippen molar-refractivity contribution in [3.8, 4) is 0 Å². The van der Waals surface area contributed by atoms with E-state index in [0.717, 1.165) is 5.52 Å². The summed E-state index contributed by atoms with van der Waals surface area (Å²) in [5.41, 5.74) is 1.06. The van der Waals surface area contributed by atoms with Crippen molar-refractivity contribution in [3.05, 3.63) is 42.6 Å². The third-order valence-corrected chi connectivity index (χ3v) is 1.51. The topological polar surface area (TPSA) is 12.9 Å². The van der Waals surface area contributed by atoms with Crippen molar-refractivity contribution in [1.29, 1.82) is 0 Å². The van der Waals surface area contributed by atoms with E-state index in [4.69, 9.17) is 0 Å². The number of pyridine rings is 1. The lowest BCUT2D eigenvalue weighted by Gasteiger charge is -1.91. The molecule has 1 aromatic heterocycles. The van der Waals surface area contributed by atoms with E-state index in [1.54, 1.807) is 0 Å². The first kappa shape index (κ1) is 12.4. The van der Waals surface area contributed by atoms with Gasteiger partial charge in [-0.1, -0.05) is 38.1 Å². The van der Waals surface area contributed by atoms with Gasteiger partial charge in [-0.3, -0.25) is 4.98 Å². The Morgan fingerprint density at radius 2 is 1.54 bits per heavy atom. The first-order valence-electron chi connectivity index (χ1n) is 4.26. The molecule has 0 saturated heterocycles. The van der Waals surface area contributed by atoms with E-state index in [1.807, 2.05) is 44.3 Å². The molecule has 0 spiro atoms. The Morgan fingerprint density at radius 3 is 2.23 bits per heavy atom. The Kier molecular flexibility index (Phi) is 6.49. The third-order valence-electron chi connectivity index (χ3n) is 1.51. The molecule has 2 heteroatoms. The van der Waals surface area contributed by atoms with Crippen LogP contribution in [0.2, 0.25) is 0 Å². The van der Waals surface area contributed by atoms with Gasteiger partial charge in [0.15, 0.2) is 0 Å². The fourth-order valence-corrected chi connectivity index (χ4v) is 1.02. The summed E-state index contributed by atoms with van der Waals surface area (Å²) in [6.45, 7) is 4.00. The Bertz CT molecular complexity index is 281. The van der Waals surface area contributed by atoms with Crippen LogP contribution >= 0.6 is 24.0 Å². The quantitative estimate of drug-likeness (QED) is 0.670. The smallest absolute Gasteiger partial charge is 0.0701 e. The summed E-state index contributed by atoms with van der Waals surface area (Å²) in [6, 6.07) is 12.1. The van der Waals surface area contributed by atoms with Crippen molar-refractivity contribution in [2.75, 3.05) is 0 Å². The number of rotatable bonds is 0. The molecule has 2 aromatic rings. The molecule has 0 aliphatic heterocycles. The maximum absolute atomic E-state index is 4.18. The van der Waals surface area contributed by atoms with E-state index >= 15 is 0 Å². The molecule has 2 rings (SSSR count). The van der Waals surface area contributed by atoms with Crippen molar-refractivity contribution < 1.29 is 0 Å². The number of benzene rings is 1. The lowest BCUT2D eigenvalue weighted by Crippen LogP contribution is -1.73. The van der Waals surface area contributed by atoms with Gasteiger partial charge < -0.3 is 0 Å². The molecular formula is C11H14IN. The molecule has 0 amide bonds. The normalized spacial score (nSPS) is 8.15. The molecule has 1 aromatic carbocycles. The molecule has 0 N–H and O–H groups in total. The van der Waals surface area contributed by atoms with Gasteiger partial charge in [0.05, 0.1) is 5.52 Å². The van der Waals surface area contributed by atoms with Crippen LogP contribution in [0.1, 0.15) is 13.8 Å². The van der Waals surface area contributed by atoms with Crippen molar-refractivity contribution in [1.82, 2.24) is 4.98 Å². The summed E-state index contributed by atoms with van der Waals surface area (Å²) >= 11 is 0. The van der Waals surface area contributed by atoms with Gasteiger partial charge in [0.1, 0.15) is 0 Å². The molecule has 70 valence electrons. The van der Waals surface area contributed by atoms with Crippen LogP contribution in [0.25, 0.3) is 10.9 Å². The average molecular weight is 287 g/mol. The molecule has 1 nitrogen and oxygen atoms in total. The highest BCUT2D eigenvalue weighted by Crippen LogP contribution is 2.07. The highest BCUT2D eigenvalue weighted by atomic mass is 127. The van der Waals surface area contributed by atoms with Crippen molar-refractivity contribution in [2.45, 2.75) is 13.8 Å². The molecule has 1 heterocycles. The summed E-state index contributed by atoms with van der Waals surface area (Å²) in [7, 11) is 0. The summed E-state index contributed by atoms with van der Waals surface area (Å²) in [6.07, 6.45) is 1.81. The van der Waals surface area contributed by atoms with Crippen molar-refractivity contribution in [3.63, 3.8) is 0 Å². The van der Waals surface area contributed by atoms with Crippen LogP contribution in [-0.2, 0) is 0 Å². The lowest BCUT2D eigenvalue weighted by molar-refractivity contribution is 1.41. The van der Waals surface area contributed by atoms with E-state index in [-0.39, 0.29) is 24.0 Å². The Balaban J connectivity index is 0.000000451. The lowest BCUT2D eigenvalue weighted by atomic mass is 10.2. The largest absolute Gasteiger partial charge is 0.256 e.